The summed E-state index contributed by atoms with van der Waals surface area (Å²) < 4.78 is 49.7. The molecule has 2 aromatic rings. The van der Waals surface area contributed by atoms with Crippen LogP contribution in [0.5, 0.6) is 0 Å². The lowest BCUT2D eigenvalue weighted by Crippen LogP contribution is -2.35. The number of nitrogens with two attached hydrogens (primary N) is 1. The van der Waals surface area contributed by atoms with Gasteiger partial charge < -0.3 is 5.73 Å². The molecule has 1 heterocycles. The van der Waals surface area contributed by atoms with Crippen molar-refractivity contribution in [2.45, 2.75) is 16.5 Å². The maximum Gasteiger partial charge on any atom is 0.244 e. The summed E-state index contributed by atoms with van der Waals surface area (Å²) in [7, 11) is -7.31. The Kier molecular flexibility index (Phi) is 7.51. The van der Waals surface area contributed by atoms with Crippen LogP contribution in [-0.2, 0) is 26.4 Å². The fraction of sp³-hybridized carbons (Fsp3) is 0.267. The van der Waals surface area contributed by atoms with Crippen LogP contribution < -0.4 is 5.73 Å². The topological polar surface area (TPSA) is 110 Å². The third-order valence-electron chi connectivity index (χ3n) is 3.31. The normalized spacial score (nSPS) is 12.0. The van der Waals surface area contributed by atoms with Crippen LogP contribution >= 0.6 is 12.4 Å². The van der Waals surface area contributed by atoms with Gasteiger partial charge >= 0.3 is 0 Å². The Labute approximate surface area is 154 Å². The van der Waals surface area contributed by atoms with Gasteiger partial charge in [0.2, 0.25) is 10.0 Å². The van der Waals surface area contributed by atoms with Gasteiger partial charge in [0.1, 0.15) is 4.90 Å². The van der Waals surface area contributed by atoms with Crippen molar-refractivity contribution in [3.05, 3.63) is 54.2 Å². The Morgan fingerprint density at radius 1 is 1.04 bits per heavy atom. The molecule has 0 radical (unpaired) electrons. The summed E-state index contributed by atoms with van der Waals surface area (Å²) in [6.07, 6.45) is 2.07. The van der Waals surface area contributed by atoms with Crippen molar-refractivity contribution in [2.24, 2.45) is 5.73 Å². The van der Waals surface area contributed by atoms with Gasteiger partial charge in [-0.1, -0.05) is 30.3 Å². The highest BCUT2D eigenvalue weighted by atomic mass is 35.5. The first-order valence-corrected chi connectivity index (χ1v) is 10.5. The van der Waals surface area contributed by atoms with Crippen LogP contribution in [0, 0.1) is 0 Å². The molecule has 7 nitrogen and oxygen atoms in total. The number of benzene rings is 1. The monoisotopic (exact) mass is 405 g/mol. The molecule has 25 heavy (non-hydrogen) atoms. The van der Waals surface area contributed by atoms with E-state index in [9.17, 15) is 16.8 Å². The number of rotatable bonds is 7. The zero-order valence-electron chi connectivity index (χ0n) is 13.6. The van der Waals surface area contributed by atoms with Crippen molar-refractivity contribution in [3.63, 3.8) is 0 Å². The summed E-state index contributed by atoms with van der Waals surface area (Å²) in [5.41, 5.74) is 6.37. The molecule has 10 heteroatoms. The zero-order chi connectivity index (χ0) is 17.8. The lowest BCUT2D eigenvalue weighted by molar-refractivity contribution is 0.413. The summed E-state index contributed by atoms with van der Waals surface area (Å²) in [6.45, 7) is 0.486. The van der Waals surface area contributed by atoms with Crippen LogP contribution in [0.4, 0.5) is 0 Å². The molecule has 0 bridgehead atoms. The molecule has 138 valence electrons. The number of halogens is 1. The molecule has 0 unspecified atom stereocenters. The van der Waals surface area contributed by atoms with Gasteiger partial charge in [-0.05, 0) is 17.7 Å². The minimum Gasteiger partial charge on any atom is -0.329 e. The maximum atomic E-state index is 12.8. The summed E-state index contributed by atoms with van der Waals surface area (Å²) in [5, 5.41) is -0.171. The molecule has 0 saturated heterocycles. The van der Waals surface area contributed by atoms with Crippen molar-refractivity contribution < 1.29 is 16.8 Å². The van der Waals surface area contributed by atoms with Crippen molar-refractivity contribution in [3.8, 4) is 0 Å². The average Bonchev–Trinajstić information content (AvgIpc) is 2.55. The van der Waals surface area contributed by atoms with Gasteiger partial charge in [0.05, 0.1) is 0 Å². The highest BCUT2D eigenvalue weighted by molar-refractivity contribution is 7.90. The first-order valence-electron chi connectivity index (χ1n) is 7.15. The second kappa shape index (κ2) is 8.72. The number of sulfone groups is 1. The first-order chi connectivity index (χ1) is 11.2. The number of sulfonamides is 1. The minimum absolute atomic E-state index is 0. The summed E-state index contributed by atoms with van der Waals surface area (Å²) >= 11 is 0. The molecule has 0 atom stereocenters. The number of hydrogen-bond donors (Lipinski definition) is 1. The van der Waals surface area contributed by atoms with E-state index in [0.717, 1.165) is 18.0 Å². The lowest BCUT2D eigenvalue weighted by atomic mass is 10.2. The average molecular weight is 406 g/mol. The number of nitrogens with zero attached hydrogens (tertiary/aromatic N) is 2. The van der Waals surface area contributed by atoms with E-state index in [0.29, 0.717) is 0 Å². The molecule has 0 aliphatic rings. The highest BCUT2D eigenvalue weighted by Gasteiger charge is 2.25. The smallest absolute Gasteiger partial charge is 0.244 e. The van der Waals surface area contributed by atoms with Gasteiger partial charge in [-0.3, -0.25) is 0 Å². The Morgan fingerprint density at radius 2 is 1.68 bits per heavy atom. The third kappa shape index (κ3) is 5.48. The molecule has 1 aromatic heterocycles. The van der Waals surface area contributed by atoms with Crippen LogP contribution in [0.25, 0.3) is 0 Å². The van der Waals surface area contributed by atoms with Gasteiger partial charge in [-0.2, -0.15) is 4.31 Å². The van der Waals surface area contributed by atoms with Gasteiger partial charge in [-0.15, -0.1) is 12.4 Å². The second-order valence-corrected chi connectivity index (χ2v) is 9.12. The van der Waals surface area contributed by atoms with E-state index in [4.69, 9.17) is 5.73 Å². The molecule has 0 saturated carbocycles. The van der Waals surface area contributed by atoms with E-state index in [1.807, 2.05) is 30.3 Å². The molecule has 0 spiro atoms. The standard InChI is InChI=1S/C15H19N3O4S2.ClH/c1-23(19,20)15-8-7-14(11-17-15)24(21,22)18(10-9-16)12-13-5-3-2-4-6-13;/h2-8,11H,9-10,12,16H2,1H3;1H. The van der Waals surface area contributed by atoms with E-state index in [1.165, 1.54) is 16.4 Å². The second-order valence-electron chi connectivity index (χ2n) is 5.22. The first kappa shape index (κ1) is 21.5. The van der Waals surface area contributed by atoms with E-state index in [1.54, 1.807) is 0 Å². The van der Waals surface area contributed by atoms with Crippen LogP contribution in [0.2, 0.25) is 0 Å². The fourth-order valence-corrected chi connectivity index (χ4v) is 4.05. The van der Waals surface area contributed by atoms with Gasteiger partial charge in [0.25, 0.3) is 0 Å². The van der Waals surface area contributed by atoms with Gasteiger partial charge in [-0.25, -0.2) is 21.8 Å². The van der Waals surface area contributed by atoms with E-state index < -0.39 is 19.9 Å². The van der Waals surface area contributed by atoms with E-state index in [2.05, 4.69) is 4.98 Å². The van der Waals surface area contributed by atoms with Crippen LogP contribution in [0.1, 0.15) is 5.56 Å². The zero-order valence-corrected chi connectivity index (χ0v) is 16.0. The summed E-state index contributed by atoms with van der Waals surface area (Å²) in [6, 6.07) is 11.6. The lowest BCUT2D eigenvalue weighted by Gasteiger charge is -2.21. The maximum absolute atomic E-state index is 12.8. The molecule has 2 rings (SSSR count). The molecule has 0 aliphatic carbocycles. The SMILES string of the molecule is CS(=O)(=O)c1ccc(S(=O)(=O)N(CCN)Cc2ccccc2)cn1.Cl. The van der Waals surface area contributed by atoms with Crippen LogP contribution in [-0.4, -0.2) is 45.5 Å². The number of hydrogen-bond acceptors (Lipinski definition) is 6. The molecular formula is C15H20ClN3O4S2. The van der Waals surface area contributed by atoms with Crippen molar-refractivity contribution >= 4 is 32.3 Å². The largest absolute Gasteiger partial charge is 0.329 e. The van der Waals surface area contributed by atoms with Crippen LogP contribution in [0.15, 0.2) is 58.6 Å². The fourth-order valence-electron chi connectivity index (χ4n) is 2.10. The summed E-state index contributed by atoms with van der Waals surface area (Å²) in [5.74, 6) is 0. The van der Waals surface area contributed by atoms with Crippen LogP contribution in [0.3, 0.4) is 0 Å². The molecule has 0 amide bonds. The Morgan fingerprint density at radius 3 is 2.16 bits per heavy atom. The molecule has 1 aromatic carbocycles. The molecule has 0 aliphatic heterocycles. The number of pyridine rings is 1. The van der Waals surface area contributed by atoms with Crippen molar-refractivity contribution in [1.82, 2.24) is 9.29 Å². The molecular weight excluding hydrogens is 386 g/mol. The van der Waals surface area contributed by atoms with Gasteiger partial charge in [0.15, 0.2) is 14.9 Å². The molecule has 2 N–H and O–H groups in total. The quantitative estimate of drug-likeness (QED) is 0.737. The number of aromatic nitrogens is 1. The highest BCUT2D eigenvalue weighted by Crippen LogP contribution is 2.18. The Hall–Kier alpha value is -1.52. The van der Waals surface area contributed by atoms with Crippen molar-refractivity contribution in [1.29, 1.82) is 0 Å². The Balaban J connectivity index is 0.00000312. The minimum atomic E-state index is -3.83. The predicted octanol–water partition coefficient (Wildman–Crippen LogP) is 1.06. The summed E-state index contributed by atoms with van der Waals surface area (Å²) in [4.78, 5) is 3.67. The van der Waals surface area contributed by atoms with Crippen molar-refractivity contribution in [2.75, 3.05) is 19.3 Å². The Bertz CT molecular complexity index is 886. The predicted molar refractivity (Wildman–Crippen MR) is 97.7 cm³/mol. The van der Waals surface area contributed by atoms with E-state index >= 15 is 0 Å². The van der Waals surface area contributed by atoms with E-state index in [-0.39, 0.29) is 42.0 Å². The van der Waals surface area contributed by atoms with Gasteiger partial charge in [0, 0.05) is 32.1 Å². The third-order valence-corrected chi connectivity index (χ3v) is 6.14. The molecule has 0 fully saturated rings.